The number of halogens is 1. The fraction of sp³-hybridized carbons (Fsp3) is 0.0909. The second-order valence-corrected chi connectivity index (χ2v) is 6.29. The quantitative estimate of drug-likeness (QED) is 0.450. The fourth-order valence-corrected chi connectivity index (χ4v) is 2.54. The maximum absolute atomic E-state index is 12.2. The molecule has 3 aromatic carbocycles. The number of carbonyl (C=O) groups excluding carboxylic acids is 1. The van der Waals surface area contributed by atoms with Crippen LogP contribution < -0.4 is 9.47 Å². The molecule has 0 fully saturated rings. The Balaban J connectivity index is 1.62. The molecule has 0 amide bonds. The van der Waals surface area contributed by atoms with Gasteiger partial charge in [-0.2, -0.15) is 5.26 Å². The molecule has 0 unspecified atom stereocenters. The first-order valence-electron chi connectivity index (χ1n) is 8.29. The Morgan fingerprint density at radius 1 is 0.889 bits per heavy atom. The van der Waals surface area contributed by atoms with Crippen LogP contribution in [-0.2, 0) is 4.79 Å². The summed E-state index contributed by atoms with van der Waals surface area (Å²) in [5.74, 6) is 0.486. The Hall–Kier alpha value is -3.29. The smallest absolute Gasteiger partial charge is 0.352 e. The fourth-order valence-electron chi connectivity index (χ4n) is 2.42. The van der Waals surface area contributed by atoms with Crippen molar-refractivity contribution in [2.75, 3.05) is 0 Å². The van der Waals surface area contributed by atoms with Gasteiger partial charge in [0.25, 0.3) is 0 Å². The summed E-state index contributed by atoms with van der Waals surface area (Å²) in [5.41, 5.74) is 2.55. The van der Waals surface area contributed by atoms with Crippen LogP contribution in [0.4, 0.5) is 0 Å². The van der Waals surface area contributed by atoms with Gasteiger partial charge in [0.05, 0.1) is 11.6 Å². The molecular weight excluding hydrogens is 362 g/mol. The Labute approximate surface area is 162 Å². The zero-order valence-electron chi connectivity index (χ0n) is 14.6. The van der Waals surface area contributed by atoms with Crippen molar-refractivity contribution in [2.24, 2.45) is 0 Å². The minimum atomic E-state index is -0.760. The number of ether oxygens (including phenoxy) is 2. The van der Waals surface area contributed by atoms with Crippen molar-refractivity contribution in [3.8, 4) is 28.7 Å². The van der Waals surface area contributed by atoms with Crippen molar-refractivity contribution in [3.05, 3.63) is 83.4 Å². The highest BCUT2D eigenvalue weighted by Crippen LogP contribution is 2.23. The van der Waals surface area contributed by atoms with Crippen molar-refractivity contribution < 1.29 is 14.3 Å². The van der Waals surface area contributed by atoms with Crippen molar-refractivity contribution in [1.82, 2.24) is 0 Å². The van der Waals surface area contributed by atoms with Gasteiger partial charge in [-0.3, -0.25) is 0 Å². The molecule has 3 aromatic rings. The zero-order chi connectivity index (χ0) is 19.2. The summed E-state index contributed by atoms with van der Waals surface area (Å²) in [6.45, 7) is 1.63. The molecule has 0 bridgehead atoms. The van der Waals surface area contributed by atoms with Crippen LogP contribution in [0.3, 0.4) is 0 Å². The van der Waals surface area contributed by atoms with E-state index in [0.717, 1.165) is 11.1 Å². The maximum Gasteiger partial charge on any atom is 0.352 e. The van der Waals surface area contributed by atoms with E-state index in [-0.39, 0.29) is 0 Å². The summed E-state index contributed by atoms with van der Waals surface area (Å²) in [7, 11) is 0. The van der Waals surface area contributed by atoms with Gasteiger partial charge in [0.15, 0.2) is 6.10 Å². The first-order valence-corrected chi connectivity index (χ1v) is 8.67. The van der Waals surface area contributed by atoms with E-state index in [4.69, 9.17) is 26.3 Å². The van der Waals surface area contributed by atoms with Crippen LogP contribution >= 0.6 is 11.6 Å². The lowest BCUT2D eigenvalue weighted by molar-refractivity contribution is -0.141. The van der Waals surface area contributed by atoms with Crippen molar-refractivity contribution in [3.63, 3.8) is 0 Å². The highest BCUT2D eigenvalue weighted by Gasteiger charge is 2.17. The number of rotatable bonds is 5. The Kier molecular flexibility index (Phi) is 5.75. The molecule has 0 radical (unpaired) electrons. The second-order valence-electron chi connectivity index (χ2n) is 5.85. The molecule has 0 saturated heterocycles. The highest BCUT2D eigenvalue weighted by molar-refractivity contribution is 6.30. The molecule has 0 saturated carbocycles. The average molecular weight is 378 g/mol. The topological polar surface area (TPSA) is 59.3 Å². The summed E-state index contributed by atoms with van der Waals surface area (Å²) in [6, 6.07) is 23.3. The standard InChI is InChI=1S/C22H16ClNO3/c1-15(26-20-12-8-19(23)9-13-20)22(25)27-21-10-6-18(7-11-21)17-4-2-16(14-24)3-5-17/h2-13,15H,1H3/t15-/m1/s1. The SMILES string of the molecule is C[C@@H](Oc1ccc(Cl)cc1)C(=O)Oc1ccc(-c2ccc(C#N)cc2)cc1. The zero-order valence-corrected chi connectivity index (χ0v) is 15.3. The van der Waals surface area contributed by atoms with Gasteiger partial charge in [0.2, 0.25) is 0 Å². The summed E-state index contributed by atoms with van der Waals surface area (Å²) >= 11 is 5.83. The Morgan fingerprint density at radius 2 is 1.41 bits per heavy atom. The van der Waals surface area contributed by atoms with Gasteiger partial charge in [-0.25, -0.2) is 4.79 Å². The summed E-state index contributed by atoms with van der Waals surface area (Å²) in [5, 5.41) is 9.45. The molecule has 3 rings (SSSR count). The molecule has 0 aliphatic heterocycles. The molecule has 1 atom stereocenters. The first-order chi connectivity index (χ1) is 13.0. The molecule has 134 valence electrons. The van der Waals surface area contributed by atoms with E-state index in [9.17, 15) is 4.79 Å². The van der Waals surface area contributed by atoms with Gasteiger partial charge in [0, 0.05) is 5.02 Å². The number of benzene rings is 3. The lowest BCUT2D eigenvalue weighted by atomic mass is 10.0. The van der Waals surface area contributed by atoms with Gasteiger partial charge in [-0.15, -0.1) is 0 Å². The van der Waals surface area contributed by atoms with Crippen molar-refractivity contribution in [2.45, 2.75) is 13.0 Å². The maximum atomic E-state index is 12.2. The number of esters is 1. The molecule has 0 aromatic heterocycles. The van der Waals surface area contributed by atoms with Crippen LogP contribution in [0.2, 0.25) is 5.02 Å². The lowest BCUT2D eigenvalue weighted by Crippen LogP contribution is -2.28. The average Bonchev–Trinajstić information content (AvgIpc) is 2.70. The molecular formula is C22H16ClNO3. The normalized spacial score (nSPS) is 11.3. The molecule has 4 nitrogen and oxygen atoms in total. The third-order valence-electron chi connectivity index (χ3n) is 3.88. The van der Waals surface area contributed by atoms with Crippen LogP contribution in [0.5, 0.6) is 11.5 Å². The summed E-state index contributed by atoms with van der Waals surface area (Å²) in [6.07, 6.45) is -0.760. The predicted molar refractivity (Wildman–Crippen MR) is 104 cm³/mol. The van der Waals surface area contributed by atoms with E-state index < -0.39 is 12.1 Å². The highest BCUT2D eigenvalue weighted by atomic mass is 35.5. The van der Waals surface area contributed by atoms with Gasteiger partial charge in [-0.1, -0.05) is 35.9 Å². The van der Waals surface area contributed by atoms with E-state index in [1.54, 1.807) is 55.5 Å². The van der Waals surface area contributed by atoms with E-state index in [1.165, 1.54) is 0 Å². The van der Waals surface area contributed by atoms with E-state index in [2.05, 4.69) is 6.07 Å². The third-order valence-corrected chi connectivity index (χ3v) is 4.13. The van der Waals surface area contributed by atoms with Crippen LogP contribution in [0.15, 0.2) is 72.8 Å². The Bertz CT molecular complexity index is 958. The molecule has 0 N–H and O–H groups in total. The predicted octanol–water partition coefficient (Wildman–Crippen LogP) is 5.25. The molecule has 0 aliphatic rings. The summed E-state index contributed by atoms with van der Waals surface area (Å²) in [4.78, 5) is 12.2. The molecule has 5 heteroatoms. The van der Waals surface area contributed by atoms with Gasteiger partial charge >= 0.3 is 5.97 Å². The number of nitriles is 1. The molecule has 0 spiro atoms. The van der Waals surface area contributed by atoms with Gasteiger partial charge < -0.3 is 9.47 Å². The Morgan fingerprint density at radius 3 is 1.96 bits per heavy atom. The minimum absolute atomic E-state index is 0.434. The van der Waals surface area contributed by atoms with E-state index in [1.807, 2.05) is 24.3 Å². The third kappa shape index (κ3) is 4.87. The number of hydrogen-bond acceptors (Lipinski definition) is 4. The van der Waals surface area contributed by atoms with Crippen LogP contribution in [0, 0.1) is 11.3 Å². The number of hydrogen-bond donors (Lipinski definition) is 0. The molecule has 0 aliphatic carbocycles. The van der Waals surface area contributed by atoms with Gasteiger partial charge in [0.1, 0.15) is 11.5 Å². The molecule has 0 heterocycles. The van der Waals surface area contributed by atoms with Gasteiger partial charge in [-0.05, 0) is 66.6 Å². The van der Waals surface area contributed by atoms with Crippen molar-refractivity contribution >= 4 is 17.6 Å². The van der Waals surface area contributed by atoms with Crippen molar-refractivity contribution in [1.29, 1.82) is 5.26 Å². The number of carbonyl (C=O) groups is 1. The largest absolute Gasteiger partial charge is 0.479 e. The van der Waals surface area contributed by atoms with Crippen LogP contribution in [-0.4, -0.2) is 12.1 Å². The number of nitrogens with zero attached hydrogens (tertiary/aromatic N) is 1. The van der Waals surface area contributed by atoms with E-state index >= 15 is 0 Å². The summed E-state index contributed by atoms with van der Waals surface area (Å²) < 4.78 is 10.9. The minimum Gasteiger partial charge on any atom is -0.479 e. The van der Waals surface area contributed by atoms with Crippen LogP contribution in [0.25, 0.3) is 11.1 Å². The second kappa shape index (κ2) is 8.39. The molecule has 27 heavy (non-hydrogen) atoms. The van der Waals surface area contributed by atoms with Crippen LogP contribution in [0.1, 0.15) is 12.5 Å². The van der Waals surface area contributed by atoms with E-state index in [0.29, 0.717) is 22.1 Å². The first kappa shape index (κ1) is 18.5. The lowest BCUT2D eigenvalue weighted by Gasteiger charge is -2.14. The monoisotopic (exact) mass is 377 g/mol.